The molecule has 0 aliphatic rings. The zero-order chi connectivity index (χ0) is 13.8. The lowest BCUT2D eigenvalue weighted by Gasteiger charge is -2.11. The van der Waals surface area contributed by atoms with Gasteiger partial charge in [-0.2, -0.15) is 0 Å². The summed E-state index contributed by atoms with van der Waals surface area (Å²) in [5.74, 6) is 0.895. The molecule has 0 N–H and O–H groups in total. The number of rotatable bonds is 6. The molecule has 0 saturated carbocycles. The molecule has 0 amide bonds. The first kappa shape index (κ1) is 13.7. The van der Waals surface area contributed by atoms with Crippen molar-refractivity contribution in [3.63, 3.8) is 0 Å². The number of hydrogen-bond donors (Lipinski definition) is 0. The minimum atomic E-state index is -0.366. The lowest BCUT2D eigenvalue weighted by Crippen LogP contribution is -2.24. The number of imidazole rings is 1. The van der Waals surface area contributed by atoms with Gasteiger partial charge in [-0.05, 0) is 32.9 Å². The van der Waals surface area contributed by atoms with Gasteiger partial charge < -0.3 is 9.30 Å². The molecule has 1 atom stereocenters. The van der Waals surface area contributed by atoms with Gasteiger partial charge in [0.15, 0.2) is 5.78 Å². The number of ketones is 1. The normalized spacial score (nSPS) is 12.8. The Morgan fingerprint density at radius 3 is 2.79 bits per heavy atom. The maximum absolute atomic E-state index is 12.1. The van der Waals surface area contributed by atoms with E-state index in [9.17, 15) is 4.79 Å². The molecule has 0 bridgehead atoms. The van der Waals surface area contributed by atoms with Crippen LogP contribution in [0.25, 0.3) is 11.0 Å². The van der Waals surface area contributed by atoms with E-state index in [1.807, 2.05) is 31.2 Å². The van der Waals surface area contributed by atoms with Crippen LogP contribution in [0.1, 0.15) is 26.6 Å². The van der Waals surface area contributed by atoms with Crippen molar-refractivity contribution in [3.8, 4) is 0 Å². The molecule has 4 heteroatoms. The Morgan fingerprint density at radius 1 is 1.37 bits per heavy atom. The number of nitrogens with zero attached hydrogens (tertiary/aromatic N) is 2. The van der Waals surface area contributed by atoms with Crippen molar-refractivity contribution in [2.75, 3.05) is 6.61 Å². The van der Waals surface area contributed by atoms with E-state index in [4.69, 9.17) is 4.74 Å². The number of hydrogen-bond acceptors (Lipinski definition) is 3. The number of aryl methyl sites for hydroxylation is 1. The SMILES string of the molecule is CCOC(C)C(=O)Cc1nc2ccccc2n1CC. The third-order valence-corrected chi connectivity index (χ3v) is 3.25. The van der Waals surface area contributed by atoms with Crippen LogP contribution in [-0.2, 0) is 22.5 Å². The summed E-state index contributed by atoms with van der Waals surface area (Å²) in [5, 5.41) is 0. The Labute approximate surface area is 113 Å². The van der Waals surface area contributed by atoms with Gasteiger partial charge in [-0.3, -0.25) is 4.79 Å². The third-order valence-electron chi connectivity index (χ3n) is 3.25. The van der Waals surface area contributed by atoms with Crippen LogP contribution in [0.5, 0.6) is 0 Å². The second-order valence-electron chi connectivity index (χ2n) is 4.50. The van der Waals surface area contributed by atoms with Crippen LogP contribution in [0, 0.1) is 0 Å². The summed E-state index contributed by atoms with van der Waals surface area (Å²) in [6.07, 6.45) is -0.0425. The first-order valence-corrected chi connectivity index (χ1v) is 6.75. The van der Waals surface area contributed by atoms with Gasteiger partial charge in [-0.25, -0.2) is 4.98 Å². The fourth-order valence-corrected chi connectivity index (χ4v) is 2.26. The predicted molar refractivity (Wildman–Crippen MR) is 75.2 cm³/mol. The Kier molecular flexibility index (Phi) is 4.32. The van der Waals surface area contributed by atoms with Crippen LogP contribution in [-0.4, -0.2) is 28.0 Å². The summed E-state index contributed by atoms with van der Waals surface area (Å²) in [4.78, 5) is 16.6. The van der Waals surface area contributed by atoms with E-state index in [-0.39, 0.29) is 11.9 Å². The van der Waals surface area contributed by atoms with Crippen molar-refractivity contribution in [2.24, 2.45) is 0 Å². The molecule has 0 fully saturated rings. The third kappa shape index (κ3) is 2.84. The van der Waals surface area contributed by atoms with Gasteiger partial charge in [0.1, 0.15) is 11.9 Å². The summed E-state index contributed by atoms with van der Waals surface area (Å²) in [7, 11) is 0. The number of benzene rings is 1. The molecule has 4 nitrogen and oxygen atoms in total. The van der Waals surface area contributed by atoms with Crippen molar-refractivity contribution in [3.05, 3.63) is 30.1 Å². The number of Topliss-reactive ketones (excluding diaryl/α,β-unsaturated/α-hetero) is 1. The number of fused-ring (bicyclic) bond motifs is 1. The molecule has 19 heavy (non-hydrogen) atoms. The van der Waals surface area contributed by atoms with Crippen LogP contribution in [0.15, 0.2) is 24.3 Å². The van der Waals surface area contributed by atoms with Crippen LogP contribution >= 0.6 is 0 Å². The maximum atomic E-state index is 12.1. The number of carbonyl (C=O) groups excluding carboxylic acids is 1. The minimum Gasteiger partial charge on any atom is -0.371 e. The molecule has 1 heterocycles. The maximum Gasteiger partial charge on any atom is 0.168 e. The van der Waals surface area contributed by atoms with Crippen molar-refractivity contribution in [2.45, 2.75) is 39.8 Å². The predicted octanol–water partition coefficient (Wildman–Crippen LogP) is 2.59. The largest absolute Gasteiger partial charge is 0.371 e. The fraction of sp³-hybridized carbons (Fsp3) is 0.467. The molecule has 0 radical (unpaired) electrons. The van der Waals surface area contributed by atoms with Crippen LogP contribution in [0.3, 0.4) is 0 Å². The Morgan fingerprint density at radius 2 is 2.11 bits per heavy atom. The Bertz CT molecular complexity index is 575. The van der Waals surface area contributed by atoms with Gasteiger partial charge in [0.25, 0.3) is 0 Å². The smallest absolute Gasteiger partial charge is 0.168 e. The fourth-order valence-electron chi connectivity index (χ4n) is 2.26. The van der Waals surface area contributed by atoms with Crippen molar-refractivity contribution in [1.82, 2.24) is 9.55 Å². The molecule has 0 spiro atoms. The molecule has 102 valence electrons. The zero-order valence-corrected chi connectivity index (χ0v) is 11.7. The second kappa shape index (κ2) is 5.97. The number of carbonyl (C=O) groups is 1. The Balaban J connectivity index is 2.27. The van der Waals surface area contributed by atoms with Gasteiger partial charge in [-0.15, -0.1) is 0 Å². The van der Waals surface area contributed by atoms with Crippen molar-refractivity contribution < 1.29 is 9.53 Å². The molecular weight excluding hydrogens is 240 g/mol. The molecule has 0 saturated heterocycles. The van der Waals surface area contributed by atoms with Crippen molar-refractivity contribution >= 4 is 16.8 Å². The highest BCUT2D eigenvalue weighted by atomic mass is 16.5. The molecule has 0 aliphatic heterocycles. The highest BCUT2D eigenvalue weighted by Crippen LogP contribution is 2.16. The molecule has 2 rings (SSSR count). The first-order chi connectivity index (χ1) is 9.17. The number of ether oxygens (including phenoxy) is 1. The Hall–Kier alpha value is -1.68. The summed E-state index contributed by atoms with van der Waals surface area (Å²) >= 11 is 0. The molecular formula is C15H20N2O2. The van der Waals surface area contributed by atoms with Gasteiger partial charge in [-0.1, -0.05) is 12.1 Å². The van der Waals surface area contributed by atoms with Gasteiger partial charge >= 0.3 is 0 Å². The molecule has 1 unspecified atom stereocenters. The monoisotopic (exact) mass is 260 g/mol. The van der Waals surface area contributed by atoms with Gasteiger partial charge in [0.05, 0.1) is 17.5 Å². The van der Waals surface area contributed by atoms with E-state index in [0.29, 0.717) is 13.0 Å². The van der Waals surface area contributed by atoms with E-state index in [2.05, 4.69) is 16.5 Å². The second-order valence-corrected chi connectivity index (χ2v) is 4.50. The minimum absolute atomic E-state index is 0.0758. The molecule has 2 aromatic rings. The molecule has 1 aromatic heterocycles. The summed E-state index contributed by atoms with van der Waals surface area (Å²) in [5.41, 5.74) is 2.02. The van der Waals surface area contributed by atoms with Crippen LogP contribution < -0.4 is 0 Å². The van der Waals surface area contributed by atoms with Gasteiger partial charge in [0, 0.05) is 13.2 Å². The lowest BCUT2D eigenvalue weighted by atomic mass is 10.2. The highest BCUT2D eigenvalue weighted by molar-refractivity contribution is 5.85. The zero-order valence-electron chi connectivity index (χ0n) is 11.7. The van der Waals surface area contributed by atoms with E-state index in [0.717, 1.165) is 23.4 Å². The standard InChI is InChI=1S/C15H20N2O2/c1-4-17-13-9-7-6-8-12(13)16-15(17)10-14(18)11(3)19-5-2/h6-9,11H,4-5,10H2,1-3H3. The number of aromatic nitrogens is 2. The molecule has 1 aromatic carbocycles. The summed E-state index contributed by atoms with van der Waals surface area (Å²) in [6, 6.07) is 7.96. The first-order valence-electron chi connectivity index (χ1n) is 6.75. The quantitative estimate of drug-likeness (QED) is 0.802. The van der Waals surface area contributed by atoms with Crippen molar-refractivity contribution in [1.29, 1.82) is 0 Å². The highest BCUT2D eigenvalue weighted by Gasteiger charge is 2.17. The summed E-state index contributed by atoms with van der Waals surface area (Å²) < 4.78 is 7.43. The van der Waals surface area contributed by atoms with Gasteiger partial charge in [0.2, 0.25) is 0 Å². The molecule has 0 aliphatic carbocycles. The topological polar surface area (TPSA) is 44.1 Å². The van der Waals surface area contributed by atoms with E-state index >= 15 is 0 Å². The lowest BCUT2D eigenvalue weighted by molar-refractivity contribution is -0.128. The van der Waals surface area contributed by atoms with Crippen LogP contribution in [0.4, 0.5) is 0 Å². The van der Waals surface area contributed by atoms with E-state index < -0.39 is 0 Å². The van der Waals surface area contributed by atoms with Crippen LogP contribution in [0.2, 0.25) is 0 Å². The van der Waals surface area contributed by atoms with E-state index in [1.54, 1.807) is 6.92 Å². The average molecular weight is 260 g/mol. The summed E-state index contributed by atoms with van der Waals surface area (Å²) in [6.45, 7) is 7.12. The number of para-hydroxylation sites is 2. The average Bonchev–Trinajstić information content (AvgIpc) is 2.75. The van der Waals surface area contributed by atoms with E-state index in [1.165, 1.54) is 0 Å².